The summed E-state index contributed by atoms with van der Waals surface area (Å²) in [5.74, 6) is 2.51. The molecule has 0 aliphatic heterocycles. The third-order valence-corrected chi connectivity index (χ3v) is 9.07. The van der Waals surface area contributed by atoms with Crippen molar-refractivity contribution in [2.45, 2.75) is 129 Å². The van der Waals surface area contributed by atoms with Crippen LogP contribution in [0, 0.1) is 17.3 Å². The fraction of sp³-hybridized carbons (Fsp3) is 0.774. The zero-order valence-electron chi connectivity index (χ0n) is 21.9. The molecule has 2 saturated carbocycles. The summed E-state index contributed by atoms with van der Waals surface area (Å²) in [5, 5.41) is 0. The monoisotopic (exact) mass is 454 g/mol. The van der Waals surface area contributed by atoms with Gasteiger partial charge in [0.1, 0.15) is 0 Å². The van der Waals surface area contributed by atoms with Crippen LogP contribution in [0.2, 0.25) is 0 Å². The zero-order chi connectivity index (χ0) is 23.5. The highest BCUT2D eigenvalue weighted by Gasteiger charge is 2.43. The zero-order valence-corrected chi connectivity index (χ0v) is 21.9. The van der Waals surface area contributed by atoms with E-state index in [1.807, 2.05) is 0 Å². The second kappa shape index (κ2) is 13.5. The maximum absolute atomic E-state index is 12.8. The third kappa shape index (κ3) is 7.33. The van der Waals surface area contributed by atoms with Crippen molar-refractivity contribution < 1.29 is 9.53 Å². The Morgan fingerprint density at radius 3 is 2.03 bits per heavy atom. The van der Waals surface area contributed by atoms with E-state index >= 15 is 0 Å². The summed E-state index contributed by atoms with van der Waals surface area (Å²) >= 11 is 0. The number of benzene rings is 1. The Kier molecular flexibility index (Phi) is 10.8. The summed E-state index contributed by atoms with van der Waals surface area (Å²) in [4.78, 5) is 12.8. The van der Waals surface area contributed by atoms with E-state index in [0.717, 1.165) is 37.0 Å². The van der Waals surface area contributed by atoms with Crippen LogP contribution in [0.4, 0.5) is 0 Å². The molecule has 2 aliphatic rings. The summed E-state index contributed by atoms with van der Waals surface area (Å²) < 4.78 is 5.31. The first-order valence-corrected chi connectivity index (χ1v) is 14.3. The number of unbranched alkanes of at least 4 members (excludes halogenated alkanes) is 5. The molecule has 0 unspecified atom stereocenters. The van der Waals surface area contributed by atoms with Crippen molar-refractivity contribution in [3.8, 4) is 0 Å². The Morgan fingerprint density at radius 1 is 0.818 bits per heavy atom. The standard InChI is InChI=1S/C31H50O2/c1-4-6-8-9-10-22-31(30(32)33-3)23-20-29(21-24-31)28-18-16-27(17-19-28)26-14-12-25(13-15-26)11-7-5-2/h12-15,27-29H,4-11,16-24H2,1-3H3. The molecule has 0 heterocycles. The highest BCUT2D eigenvalue weighted by Crippen LogP contribution is 2.49. The highest BCUT2D eigenvalue weighted by molar-refractivity contribution is 5.76. The molecular formula is C31H50O2. The Balaban J connectivity index is 1.46. The lowest BCUT2D eigenvalue weighted by Crippen LogP contribution is -2.38. The average Bonchev–Trinajstić information content (AvgIpc) is 2.87. The van der Waals surface area contributed by atoms with Crippen LogP contribution < -0.4 is 0 Å². The van der Waals surface area contributed by atoms with Crippen molar-refractivity contribution in [1.29, 1.82) is 0 Å². The fourth-order valence-corrected chi connectivity index (χ4v) is 6.77. The summed E-state index contributed by atoms with van der Waals surface area (Å²) in [6.45, 7) is 4.53. The van der Waals surface area contributed by atoms with Crippen LogP contribution in [0.5, 0.6) is 0 Å². The molecule has 0 atom stereocenters. The van der Waals surface area contributed by atoms with Crippen LogP contribution >= 0.6 is 0 Å². The molecule has 2 nitrogen and oxygen atoms in total. The quantitative estimate of drug-likeness (QED) is 0.232. The number of aryl methyl sites for hydroxylation is 1. The lowest BCUT2D eigenvalue weighted by Gasteiger charge is -2.42. The molecule has 33 heavy (non-hydrogen) atoms. The second-order valence-corrected chi connectivity index (χ2v) is 11.2. The minimum atomic E-state index is -0.186. The highest BCUT2D eigenvalue weighted by atomic mass is 16.5. The number of methoxy groups -OCH3 is 1. The van der Waals surface area contributed by atoms with Crippen molar-refractivity contribution in [3.05, 3.63) is 35.4 Å². The van der Waals surface area contributed by atoms with Crippen molar-refractivity contribution in [1.82, 2.24) is 0 Å². The second-order valence-electron chi connectivity index (χ2n) is 11.2. The maximum atomic E-state index is 12.8. The summed E-state index contributed by atoms with van der Waals surface area (Å²) in [6, 6.07) is 9.55. The maximum Gasteiger partial charge on any atom is 0.311 e. The molecular weight excluding hydrogens is 404 g/mol. The van der Waals surface area contributed by atoms with Crippen LogP contribution in [0.3, 0.4) is 0 Å². The van der Waals surface area contributed by atoms with Gasteiger partial charge in [-0.3, -0.25) is 4.79 Å². The first kappa shape index (κ1) is 26.3. The molecule has 0 aromatic heterocycles. The molecule has 0 saturated heterocycles. The van der Waals surface area contributed by atoms with E-state index in [1.54, 1.807) is 12.7 Å². The van der Waals surface area contributed by atoms with E-state index in [1.165, 1.54) is 95.5 Å². The SMILES string of the molecule is CCCCCCCC1(C(=O)OC)CCC(C2CCC(c3ccc(CCCC)cc3)CC2)CC1. The number of rotatable bonds is 12. The molecule has 0 radical (unpaired) electrons. The first-order chi connectivity index (χ1) is 16.1. The Labute approximate surface area is 204 Å². The van der Waals surface area contributed by atoms with Gasteiger partial charge in [0.05, 0.1) is 12.5 Å². The number of hydrogen-bond donors (Lipinski definition) is 0. The molecule has 0 bridgehead atoms. The fourth-order valence-electron chi connectivity index (χ4n) is 6.77. The molecule has 0 spiro atoms. The molecule has 3 rings (SSSR count). The molecule has 186 valence electrons. The molecule has 0 amide bonds. The molecule has 2 heteroatoms. The van der Waals surface area contributed by atoms with E-state index in [4.69, 9.17) is 4.74 Å². The molecule has 0 N–H and O–H groups in total. The van der Waals surface area contributed by atoms with Crippen molar-refractivity contribution >= 4 is 5.97 Å². The lowest BCUT2D eigenvalue weighted by molar-refractivity contribution is -0.156. The van der Waals surface area contributed by atoms with Gasteiger partial charge in [0.2, 0.25) is 0 Å². The Hall–Kier alpha value is -1.31. The number of ether oxygens (including phenoxy) is 1. The topological polar surface area (TPSA) is 26.3 Å². The third-order valence-electron chi connectivity index (χ3n) is 9.07. The first-order valence-electron chi connectivity index (χ1n) is 14.3. The number of esters is 1. The van der Waals surface area contributed by atoms with Gasteiger partial charge in [-0.1, -0.05) is 76.6 Å². The predicted octanol–water partition coefficient (Wildman–Crippen LogP) is 9.01. The Morgan fingerprint density at radius 2 is 1.42 bits per heavy atom. The van der Waals surface area contributed by atoms with Crippen LogP contribution in [0.15, 0.2) is 24.3 Å². The van der Waals surface area contributed by atoms with Crippen LogP contribution in [0.1, 0.15) is 134 Å². The molecule has 1 aromatic carbocycles. The largest absolute Gasteiger partial charge is 0.469 e. The van der Waals surface area contributed by atoms with E-state index < -0.39 is 0 Å². The normalized spacial score (nSPS) is 27.9. The van der Waals surface area contributed by atoms with Gasteiger partial charge >= 0.3 is 5.97 Å². The molecule has 2 fully saturated rings. The number of hydrogen-bond acceptors (Lipinski definition) is 2. The number of carbonyl (C=O) groups is 1. The minimum absolute atomic E-state index is 0.0718. The average molecular weight is 455 g/mol. The minimum Gasteiger partial charge on any atom is -0.469 e. The van der Waals surface area contributed by atoms with Gasteiger partial charge in [-0.15, -0.1) is 0 Å². The predicted molar refractivity (Wildman–Crippen MR) is 140 cm³/mol. The van der Waals surface area contributed by atoms with E-state index in [-0.39, 0.29) is 11.4 Å². The summed E-state index contributed by atoms with van der Waals surface area (Å²) in [7, 11) is 1.59. The Bertz CT molecular complexity index is 675. The molecule has 2 aliphatic carbocycles. The van der Waals surface area contributed by atoms with Crippen LogP contribution in [-0.4, -0.2) is 13.1 Å². The van der Waals surface area contributed by atoms with E-state index in [2.05, 4.69) is 38.1 Å². The molecule has 1 aromatic rings. The van der Waals surface area contributed by atoms with Crippen LogP contribution in [-0.2, 0) is 16.0 Å². The smallest absolute Gasteiger partial charge is 0.311 e. The van der Waals surface area contributed by atoms with Gasteiger partial charge in [0.15, 0.2) is 0 Å². The van der Waals surface area contributed by atoms with Gasteiger partial charge in [0, 0.05) is 0 Å². The van der Waals surface area contributed by atoms with Gasteiger partial charge in [-0.25, -0.2) is 0 Å². The van der Waals surface area contributed by atoms with Gasteiger partial charge in [-0.05, 0) is 99.5 Å². The lowest BCUT2D eigenvalue weighted by atomic mass is 9.62. The van der Waals surface area contributed by atoms with Gasteiger partial charge in [0.25, 0.3) is 0 Å². The summed E-state index contributed by atoms with van der Waals surface area (Å²) in [5.41, 5.74) is 2.87. The summed E-state index contributed by atoms with van der Waals surface area (Å²) in [6.07, 6.45) is 21.2. The van der Waals surface area contributed by atoms with E-state index in [9.17, 15) is 4.79 Å². The number of carbonyl (C=O) groups excluding carboxylic acids is 1. The van der Waals surface area contributed by atoms with Crippen LogP contribution in [0.25, 0.3) is 0 Å². The van der Waals surface area contributed by atoms with E-state index in [0.29, 0.717) is 0 Å². The van der Waals surface area contributed by atoms with Crippen molar-refractivity contribution in [2.24, 2.45) is 17.3 Å². The van der Waals surface area contributed by atoms with Gasteiger partial charge < -0.3 is 4.74 Å². The van der Waals surface area contributed by atoms with Crippen molar-refractivity contribution in [3.63, 3.8) is 0 Å². The van der Waals surface area contributed by atoms with Crippen molar-refractivity contribution in [2.75, 3.05) is 7.11 Å². The van der Waals surface area contributed by atoms with Gasteiger partial charge in [-0.2, -0.15) is 0 Å².